The van der Waals surface area contributed by atoms with Crippen LogP contribution in [0.15, 0.2) is 0 Å². The Morgan fingerprint density at radius 3 is 0.625 bits per heavy atom. The van der Waals surface area contributed by atoms with E-state index in [9.17, 15) is 18.9 Å². The Hall–Kier alpha value is 0.198. The van der Waals surface area contributed by atoms with Crippen molar-refractivity contribution in [2.24, 2.45) is 0 Å². The van der Waals surface area contributed by atoms with E-state index < -0.39 is 16.7 Å². The van der Waals surface area contributed by atoms with Crippen LogP contribution < -0.4 is 0 Å². The van der Waals surface area contributed by atoms with Gasteiger partial charge < -0.3 is 0 Å². The quantitative estimate of drug-likeness (QED) is 0.443. The summed E-state index contributed by atoms with van der Waals surface area (Å²) in [5.74, 6) is 0. The van der Waals surface area contributed by atoms with Gasteiger partial charge in [-0.2, -0.15) is 0 Å². The summed E-state index contributed by atoms with van der Waals surface area (Å²) in [5, 5.41) is 0. The van der Waals surface area contributed by atoms with Gasteiger partial charge in [-0.25, -0.2) is 0 Å². The Balaban J connectivity index is 0. The minimum absolute atomic E-state index is 0. The van der Waals surface area contributed by atoms with Crippen molar-refractivity contribution < 1.29 is 40.4 Å². The molecule has 0 aromatic carbocycles. The number of hydrogen-bond acceptors (Lipinski definition) is 0. The normalized spacial score (nSPS) is 20.2. The van der Waals surface area contributed by atoms with Gasteiger partial charge in [0.05, 0.1) is 0 Å². The third kappa shape index (κ3) is 4260. The van der Waals surface area contributed by atoms with Gasteiger partial charge in [0.25, 0.3) is 0 Å². The molecule has 0 aromatic heterocycles. The molecule has 0 aliphatic heterocycles. The Labute approximate surface area is 41.2 Å². The molecule has 0 radical (unpaired) electrons. The fourth-order valence-electron chi connectivity index (χ4n) is 0. The second-order valence-corrected chi connectivity index (χ2v) is 5.18. The summed E-state index contributed by atoms with van der Waals surface area (Å²) in [7, 11) is 0. The number of rotatable bonds is 0. The Kier molecular flexibility index (Phi) is 1.65. The average molecular weight is 230 g/mol. The van der Waals surface area contributed by atoms with Gasteiger partial charge in [-0.05, 0) is 0 Å². The van der Waals surface area contributed by atoms with Crippen LogP contribution in [0.4, 0.5) is 23.7 Å². The molecule has 0 heterocycles. The Bertz CT molecular complexity index is 63.0. The molecular weight excluding hydrogens is 229 g/mol. The molecule has 0 N–H and O–H groups in total. The van der Waals surface area contributed by atoms with Gasteiger partial charge in [-0.3, -0.25) is 4.70 Å². The molecule has 8 heavy (non-hydrogen) atoms. The molecule has 0 saturated heterocycles. The predicted octanol–water partition coefficient (Wildman–Crippen LogP) is 2.67. The van der Waals surface area contributed by atoms with E-state index in [2.05, 4.69) is 0 Å². The van der Waals surface area contributed by atoms with E-state index in [1.165, 1.54) is 0 Å². The van der Waals surface area contributed by atoms with Crippen molar-refractivity contribution in [3.63, 3.8) is 0 Å². The zero-order valence-corrected chi connectivity index (χ0v) is 5.09. The van der Waals surface area contributed by atoms with Crippen molar-refractivity contribution in [3.8, 4) is 0 Å². The molecule has 56 valence electrons. The first kappa shape index (κ1) is 11.1. The van der Waals surface area contributed by atoms with Crippen LogP contribution in [0.3, 0.4) is 0 Å². The summed E-state index contributed by atoms with van der Waals surface area (Å²) in [6.07, 6.45) is 0. The SMILES string of the molecule is F.[F][Mo]([F])([F])([F])([F])[F]. The average Bonchev–Trinajstić information content (AvgIpc) is 0.592. The van der Waals surface area contributed by atoms with Gasteiger partial charge in [0.15, 0.2) is 0 Å². The fraction of sp³-hybridized carbons (Fsp3) is 0. The molecule has 8 heteroatoms. The zero-order chi connectivity index (χ0) is 6.41. The summed E-state index contributed by atoms with van der Waals surface area (Å²) in [6.45, 7) is 0. The van der Waals surface area contributed by atoms with E-state index in [1.807, 2.05) is 0 Å². The first-order valence-electron chi connectivity index (χ1n) is 0.926. The van der Waals surface area contributed by atoms with Crippen LogP contribution in [-0.2, 0) is 16.7 Å². The van der Waals surface area contributed by atoms with Crippen molar-refractivity contribution in [2.75, 3.05) is 0 Å². The van der Waals surface area contributed by atoms with E-state index in [0.29, 0.717) is 0 Å². The second-order valence-electron chi connectivity index (χ2n) is 0.875. The van der Waals surface area contributed by atoms with E-state index in [0.717, 1.165) is 0 Å². The maximum absolute atomic E-state index is 11.2. The van der Waals surface area contributed by atoms with Gasteiger partial charge in [-0.1, -0.05) is 0 Å². The van der Waals surface area contributed by atoms with Crippen LogP contribution in [0.25, 0.3) is 0 Å². The summed E-state index contributed by atoms with van der Waals surface area (Å²) in [6, 6.07) is 0. The van der Waals surface area contributed by atoms with E-state index in [-0.39, 0.29) is 4.70 Å². The molecular formula is HF7Mo. The number of halogens is 7. The molecule has 0 fully saturated rings. The first-order chi connectivity index (χ1) is 2.45. The molecule has 0 aliphatic rings. The third-order valence-corrected chi connectivity index (χ3v) is 0. The van der Waals surface area contributed by atoms with Crippen molar-refractivity contribution in [3.05, 3.63) is 0 Å². The Morgan fingerprint density at radius 2 is 0.625 bits per heavy atom. The van der Waals surface area contributed by atoms with Crippen LogP contribution in [0.5, 0.6) is 0 Å². The molecule has 0 aliphatic carbocycles. The van der Waals surface area contributed by atoms with Crippen LogP contribution >= 0.6 is 0 Å². The summed E-state index contributed by atoms with van der Waals surface area (Å²) < 4.78 is 59.5. The topological polar surface area (TPSA) is 0 Å². The van der Waals surface area contributed by atoms with Crippen molar-refractivity contribution in [1.29, 1.82) is 0 Å². The molecule has 0 nitrogen and oxygen atoms in total. The van der Waals surface area contributed by atoms with Crippen LogP contribution in [0, 0.1) is 0 Å². The Morgan fingerprint density at radius 1 is 0.625 bits per heavy atom. The summed E-state index contributed by atoms with van der Waals surface area (Å²) in [4.78, 5) is 0. The van der Waals surface area contributed by atoms with Crippen molar-refractivity contribution in [1.82, 2.24) is 0 Å². The van der Waals surface area contributed by atoms with Gasteiger partial charge >= 0.3 is 35.7 Å². The molecule has 0 amide bonds. The van der Waals surface area contributed by atoms with Crippen LogP contribution in [0.1, 0.15) is 0 Å². The maximum atomic E-state index is 9.92. The summed E-state index contributed by atoms with van der Waals surface area (Å²) >= 11 is -11.2. The standard InChI is InChI=1S/7FH.Mo/h7*1H;/q;;;;;;;+6/p-6. The zero-order valence-electron chi connectivity index (χ0n) is 3.08. The fourth-order valence-corrected chi connectivity index (χ4v) is 0. The summed E-state index contributed by atoms with van der Waals surface area (Å²) in [5.41, 5.74) is 0. The van der Waals surface area contributed by atoms with E-state index in [1.54, 1.807) is 0 Å². The van der Waals surface area contributed by atoms with E-state index in [4.69, 9.17) is 0 Å². The van der Waals surface area contributed by atoms with Crippen molar-refractivity contribution in [2.45, 2.75) is 0 Å². The van der Waals surface area contributed by atoms with Gasteiger partial charge in [0.1, 0.15) is 0 Å². The molecule has 0 spiro atoms. The van der Waals surface area contributed by atoms with Gasteiger partial charge in [0, 0.05) is 0 Å². The van der Waals surface area contributed by atoms with Gasteiger partial charge in [0.2, 0.25) is 0 Å². The molecule has 0 atom stereocenters. The third-order valence-electron chi connectivity index (χ3n) is 0. The predicted molar refractivity (Wildman–Crippen MR) is 9.15 cm³/mol. The molecule has 0 bridgehead atoms. The first-order valence-corrected chi connectivity index (χ1v) is 5.48. The molecule has 0 aromatic rings. The molecule has 0 unspecified atom stereocenters. The van der Waals surface area contributed by atoms with Crippen LogP contribution in [-0.4, -0.2) is 0 Å². The second kappa shape index (κ2) is 1.20. The van der Waals surface area contributed by atoms with Gasteiger partial charge in [-0.15, -0.1) is 0 Å². The van der Waals surface area contributed by atoms with Crippen molar-refractivity contribution >= 4 is 0 Å². The van der Waals surface area contributed by atoms with E-state index >= 15 is 0 Å². The molecule has 0 rings (SSSR count). The number of hydrogen-bond donors (Lipinski definition) is 0. The van der Waals surface area contributed by atoms with Crippen LogP contribution in [0.2, 0.25) is 0 Å². The minimum atomic E-state index is -11.2. The monoisotopic (exact) mass is 232 g/mol. The molecule has 0 saturated carbocycles.